The van der Waals surface area contributed by atoms with Gasteiger partial charge in [0.25, 0.3) is 0 Å². The van der Waals surface area contributed by atoms with Crippen LogP contribution in [0.2, 0.25) is 0 Å². The summed E-state index contributed by atoms with van der Waals surface area (Å²) in [5.41, 5.74) is 1.22. The topological polar surface area (TPSA) is 21.3 Å². The van der Waals surface area contributed by atoms with E-state index in [1.165, 1.54) is 5.56 Å². The highest BCUT2D eigenvalue weighted by atomic mass is 32.2. The van der Waals surface area contributed by atoms with Gasteiger partial charge in [0.05, 0.1) is 0 Å². The molecule has 0 aromatic heterocycles. The second-order valence-corrected chi connectivity index (χ2v) is 5.66. The summed E-state index contributed by atoms with van der Waals surface area (Å²) in [5, 5.41) is 3.52. The Balaban J connectivity index is 2.32. The minimum Gasteiger partial charge on any atom is -0.456 e. The van der Waals surface area contributed by atoms with Gasteiger partial charge in [0.2, 0.25) is 0 Å². The van der Waals surface area contributed by atoms with Crippen LogP contribution < -0.4 is 10.1 Å². The molecular weight excluding hydrogens is 278 g/mol. The van der Waals surface area contributed by atoms with E-state index < -0.39 is 0 Å². The van der Waals surface area contributed by atoms with Gasteiger partial charge in [-0.05, 0) is 37.4 Å². The van der Waals surface area contributed by atoms with Crippen LogP contribution in [0.3, 0.4) is 0 Å². The molecule has 0 aliphatic carbocycles. The van der Waals surface area contributed by atoms with Crippen LogP contribution in [0.15, 0.2) is 53.4 Å². The van der Waals surface area contributed by atoms with E-state index in [9.17, 15) is 0 Å². The van der Waals surface area contributed by atoms with Crippen molar-refractivity contribution < 1.29 is 4.74 Å². The Morgan fingerprint density at radius 3 is 2.33 bits per heavy atom. The van der Waals surface area contributed by atoms with Gasteiger partial charge in [0.15, 0.2) is 0 Å². The fraction of sp³-hybridized carbons (Fsp3) is 0.333. The molecule has 2 nitrogen and oxygen atoms in total. The molecule has 0 spiro atoms. The highest BCUT2D eigenvalue weighted by molar-refractivity contribution is 7.98. The average molecular weight is 301 g/mol. The molecule has 0 radical (unpaired) electrons. The lowest BCUT2D eigenvalue weighted by Gasteiger charge is -2.20. The van der Waals surface area contributed by atoms with Crippen LogP contribution in [-0.2, 0) is 0 Å². The predicted molar refractivity (Wildman–Crippen MR) is 91.4 cm³/mol. The molecule has 0 saturated carbocycles. The Morgan fingerprint density at radius 1 is 1.00 bits per heavy atom. The molecule has 2 aromatic carbocycles. The number of hydrogen-bond donors (Lipinski definition) is 1. The first-order chi connectivity index (χ1) is 10.3. The van der Waals surface area contributed by atoms with Gasteiger partial charge < -0.3 is 10.1 Å². The van der Waals surface area contributed by atoms with Crippen molar-refractivity contribution in [2.75, 3.05) is 12.8 Å². The molecule has 0 aliphatic heterocycles. The number of nitrogens with one attached hydrogen (secondary N) is 1. The zero-order valence-corrected chi connectivity index (χ0v) is 13.7. The van der Waals surface area contributed by atoms with Gasteiger partial charge in [-0.1, -0.05) is 44.2 Å². The zero-order chi connectivity index (χ0) is 15.1. The highest BCUT2D eigenvalue weighted by Crippen LogP contribution is 2.35. The van der Waals surface area contributed by atoms with Crippen molar-refractivity contribution in [2.45, 2.75) is 31.2 Å². The van der Waals surface area contributed by atoms with E-state index in [-0.39, 0.29) is 0 Å². The molecule has 1 unspecified atom stereocenters. The van der Waals surface area contributed by atoms with Crippen LogP contribution in [0.4, 0.5) is 0 Å². The first kappa shape index (κ1) is 15.9. The van der Waals surface area contributed by atoms with Gasteiger partial charge in [-0.25, -0.2) is 0 Å². The van der Waals surface area contributed by atoms with Crippen molar-refractivity contribution >= 4 is 11.8 Å². The number of rotatable bonds is 7. The summed E-state index contributed by atoms with van der Waals surface area (Å²) in [4.78, 5) is 1.16. The Kier molecular flexibility index (Phi) is 6.15. The highest BCUT2D eigenvalue weighted by Gasteiger charge is 2.14. The normalized spacial score (nSPS) is 12.1. The SMILES string of the molecule is CCNC(CC)c1ccccc1Oc1ccccc1SC. The van der Waals surface area contributed by atoms with Crippen LogP contribution in [0.5, 0.6) is 11.5 Å². The Labute approximate surface area is 131 Å². The third-order valence-corrected chi connectivity index (χ3v) is 4.22. The van der Waals surface area contributed by atoms with Crippen molar-refractivity contribution in [3.05, 3.63) is 54.1 Å². The van der Waals surface area contributed by atoms with Gasteiger partial charge in [0.1, 0.15) is 11.5 Å². The van der Waals surface area contributed by atoms with E-state index >= 15 is 0 Å². The first-order valence-corrected chi connectivity index (χ1v) is 8.65. The Morgan fingerprint density at radius 2 is 1.67 bits per heavy atom. The molecule has 0 bridgehead atoms. The minimum absolute atomic E-state index is 0.327. The molecule has 1 N–H and O–H groups in total. The van der Waals surface area contributed by atoms with Gasteiger partial charge >= 0.3 is 0 Å². The first-order valence-electron chi connectivity index (χ1n) is 7.43. The second-order valence-electron chi connectivity index (χ2n) is 4.81. The monoisotopic (exact) mass is 301 g/mol. The number of benzene rings is 2. The van der Waals surface area contributed by atoms with Crippen LogP contribution in [0.25, 0.3) is 0 Å². The summed E-state index contributed by atoms with van der Waals surface area (Å²) in [6.07, 6.45) is 3.11. The Hall–Kier alpha value is -1.45. The lowest BCUT2D eigenvalue weighted by Crippen LogP contribution is -2.20. The number of ether oxygens (including phenoxy) is 1. The summed E-state index contributed by atoms with van der Waals surface area (Å²) < 4.78 is 6.20. The smallest absolute Gasteiger partial charge is 0.140 e. The Bertz CT molecular complexity index is 571. The standard InChI is InChI=1S/C18H23NOS/c1-4-15(19-5-2)14-10-6-7-11-16(14)20-17-12-8-9-13-18(17)21-3/h6-13,15,19H,4-5H2,1-3H3. The van der Waals surface area contributed by atoms with Crippen molar-refractivity contribution in [3.8, 4) is 11.5 Å². The summed E-state index contributed by atoms with van der Waals surface area (Å²) in [7, 11) is 0. The molecular formula is C18H23NOS. The van der Waals surface area contributed by atoms with Crippen molar-refractivity contribution in [1.29, 1.82) is 0 Å². The van der Waals surface area contributed by atoms with E-state index in [0.717, 1.165) is 29.4 Å². The summed E-state index contributed by atoms with van der Waals surface area (Å²) >= 11 is 1.70. The molecule has 21 heavy (non-hydrogen) atoms. The van der Waals surface area contributed by atoms with E-state index in [1.807, 2.05) is 30.3 Å². The number of thioether (sulfide) groups is 1. The molecule has 2 rings (SSSR count). The summed E-state index contributed by atoms with van der Waals surface area (Å²) in [6, 6.07) is 16.8. The molecule has 3 heteroatoms. The zero-order valence-electron chi connectivity index (χ0n) is 12.9. The fourth-order valence-corrected chi connectivity index (χ4v) is 2.93. The molecule has 112 valence electrons. The number of para-hydroxylation sites is 2. The molecule has 0 fully saturated rings. The van der Waals surface area contributed by atoms with E-state index in [4.69, 9.17) is 4.74 Å². The van der Waals surface area contributed by atoms with Crippen molar-refractivity contribution in [2.24, 2.45) is 0 Å². The van der Waals surface area contributed by atoms with Crippen LogP contribution in [-0.4, -0.2) is 12.8 Å². The van der Waals surface area contributed by atoms with Gasteiger partial charge in [-0.3, -0.25) is 0 Å². The minimum atomic E-state index is 0.327. The third-order valence-electron chi connectivity index (χ3n) is 3.44. The molecule has 2 aromatic rings. The fourth-order valence-electron chi connectivity index (χ4n) is 2.40. The maximum Gasteiger partial charge on any atom is 0.140 e. The van der Waals surface area contributed by atoms with Crippen LogP contribution >= 0.6 is 11.8 Å². The average Bonchev–Trinajstić information content (AvgIpc) is 2.54. The van der Waals surface area contributed by atoms with Gasteiger partial charge in [0, 0.05) is 16.5 Å². The van der Waals surface area contributed by atoms with Crippen molar-refractivity contribution in [1.82, 2.24) is 5.32 Å². The lowest BCUT2D eigenvalue weighted by molar-refractivity contribution is 0.444. The van der Waals surface area contributed by atoms with E-state index in [2.05, 4.69) is 43.6 Å². The largest absolute Gasteiger partial charge is 0.456 e. The van der Waals surface area contributed by atoms with Gasteiger partial charge in [-0.15, -0.1) is 11.8 Å². The summed E-state index contributed by atoms with van der Waals surface area (Å²) in [5.74, 6) is 1.86. The third kappa shape index (κ3) is 4.02. The molecule has 0 aliphatic rings. The van der Waals surface area contributed by atoms with E-state index in [0.29, 0.717) is 6.04 Å². The van der Waals surface area contributed by atoms with Crippen LogP contribution in [0.1, 0.15) is 31.9 Å². The second kappa shape index (κ2) is 8.11. The predicted octanol–water partition coefficient (Wildman–Crippen LogP) is 5.26. The number of hydrogen-bond acceptors (Lipinski definition) is 3. The van der Waals surface area contributed by atoms with E-state index in [1.54, 1.807) is 11.8 Å². The summed E-state index contributed by atoms with van der Waals surface area (Å²) in [6.45, 7) is 5.28. The van der Waals surface area contributed by atoms with Crippen molar-refractivity contribution in [3.63, 3.8) is 0 Å². The maximum absolute atomic E-state index is 6.20. The maximum atomic E-state index is 6.20. The molecule has 1 atom stereocenters. The quantitative estimate of drug-likeness (QED) is 0.705. The lowest BCUT2D eigenvalue weighted by atomic mass is 10.0. The van der Waals surface area contributed by atoms with Crippen LogP contribution in [0, 0.1) is 0 Å². The van der Waals surface area contributed by atoms with Gasteiger partial charge in [-0.2, -0.15) is 0 Å². The molecule has 0 heterocycles. The molecule has 0 saturated heterocycles. The molecule has 0 amide bonds.